The molecule has 0 amide bonds. The maximum absolute atomic E-state index is 12.0. The van der Waals surface area contributed by atoms with Gasteiger partial charge in [-0.1, -0.05) is 0 Å². The number of nitrogens with zero attached hydrogens (tertiary/aromatic N) is 1. The molecule has 1 aromatic heterocycles. The average molecular weight is 564 g/mol. The molecule has 3 heterocycles. The number of H-pyrrole nitrogens is 1. The van der Waals surface area contributed by atoms with Gasteiger partial charge in [0.25, 0.3) is 21.2 Å². The Bertz CT molecular complexity index is 1120. The minimum Gasteiger partial charge on any atom is -0.756 e. The van der Waals surface area contributed by atoms with E-state index in [0.29, 0.717) is 4.57 Å². The summed E-state index contributed by atoms with van der Waals surface area (Å²) in [5.41, 5.74) is -1.78. The van der Waals surface area contributed by atoms with Crippen molar-refractivity contribution in [2.45, 2.75) is 55.2 Å². The van der Waals surface area contributed by atoms with Crippen molar-refractivity contribution in [1.82, 2.24) is 9.55 Å². The topological polar surface area (TPSA) is 303 Å². The van der Waals surface area contributed by atoms with Crippen molar-refractivity contribution in [2.75, 3.05) is 13.2 Å². The molecule has 11 atom stereocenters. The van der Waals surface area contributed by atoms with Gasteiger partial charge in [-0.25, -0.2) is 9.11 Å². The SMILES string of the molecule is O=c1ccn([C@@H]2O[C@H](COP(=O)([O-])OP(=O)([O-])O[C@H]3O[C@H](CO)[C@@H](O)[C@H](O)[C@H]3O)[C@@H](O)[C@H]2O)c(=O)[nH]1. The van der Waals surface area contributed by atoms with Gasteiger partial charge in [0.15, 0.2) is 12.5 Å². The largest absolute Gasteiger partial charge is 0.756 e. The van der Waals surface area contributed by atoms with Crippen LogP contribution in [-0.2, 0) is 32.0 Å². The summed E-state index contributed by atoms with van der Waals surface area (Å²) in [4.78, 5) is 48.9. The first-order valence-electron chi connectivity index (χ1n) is 9.96. The van der Waals surface area contributed by atoms with Gasteiger partial charge < -0.3 is 54.4 Å². The van der Waals surface area contributed by atoms with Crippen molar-refractivity contribution in [2.24, 2.45) is 0 Å². The molecular formula is C15H22N2O17P2-2. The van der Waals surface area contributed by atoms with Gasteiger partial charge in [0.05, 0.1) is 13.2 Å². The van der Waals surface area contributed by atoms with E-state index in [4.69, 9.17) is 14.6 Å². The van der Waals surface area contributed by atoms with Crippen LogP contribution in [0.5, 0.6) is 0 Å². The Morgan fingerprint density at radius 1 is 0.944 bits per heavy atom. The second kappa shape index (κ2) is 11.2. The molecule has 0 saturated carbocycles. The number of rotatable bonds is 9. The Labute approximate surface area is 199 Å². The van der Waals surface area contributed by atoms with Gasteiger partial charge in [0, 0.05) is 12.3 Å². The van der Waals surface area contributed by atoms with Crippen LogP contribution in [-0.4, -0.2) is 102 Å². The Morgan fingerprint density at radius 3 is 2.19 bits per heavy atom. The van der Waals surface area contributed by atoms with E-state index in [9.17, 15) is 54.0 Å². The number of nitrogens with one attached hydrogen (secondary N) is 1. The third-order valence-electron chi connectivity index (χ3n) is 5.14. The Balaban J connectivity index is 1.61. The highest BCUT2D eigenvalue weighted by Crippen LogP contribution is 2.57. The van der Waals surface area contributed by atoms with Crippen LogP contribution in [0.3, 0.4) is 0 Å². The number of hydrogen-bond donors (Lipinski definition) is 7. The van der Waals surface area contributed by atoms with Gasteiger partial charge in [0.2, 0.25) is 0 Å². The highest BCUT2D eigenvalue weighted by Gasteiger charge is 2.47. The molecule has 0 spiro atoms. The smallest absolute Gasteiger partial charge is 0.330 e. The summed E-state index contributed by atoms with van der Waals surface area (Å²) < 4.78 is 47.1. The van der Waals surface area contributed by atoms with Crippen LogP contribution in [0.25, 0.3) is 0 Å². The Kier molecular flexibility index (Phi) is 9.05. The monoisotopic (exact) mass is 564 g/mol. The lowest BCUT2D eigenvalue weighted by Crippen LogP contribution is -2.59. The molecule has 21 heteroatoms. The van der Waals surface area contributed by atoms with E-state index in [1.54, 1.807) is 0 Å². The van der Waals surface area contributed by atoms with Crippen LogP contribution < -0.4 is 21.0 Å². The van der Waals surface area contributed by atoms with Crippen LogP contribution in [0.2, 0.25) is 0 Å². The summed E-state index contributed by atoms with van der Waals surface area (Å²) in [6.45, 7) is -2.05. The van der Waals surface area contributed by atoms with Crippen LogP contribution in [0.1, 0.15) is 6.23 Å². The third-order valence-corrected chi connectivity index (χ3v) is 7.67. The quantitative estimate of drug-likeness (QED) is 0.137. The zero-order valence-corrected chi connectivity index (χ0v) is 19.6. The molecular weight excluding hydrogens is 542 g/mol. The summed E-state index contributed by atoms with van der Waals surface area (Å²) in [6.07, 6.45) is -15.8. The van der Waals surface area contributed by atoms with E-state index in [2.05, 4.69) is 13.4 Å². The molecule has 206 valence electrons. The maximum Gasteiger partial charge on any atom is 0.330 e. The fraction of sp³-hybridized carbons (Fsp3) is 0.733. The van der Waals surface area contributed by atoms with Crippen LogP contribution in [0.4, 0.5) is 0 Å². The molecule has 0 aliphatic carbocycles. The zero-order chi connectivity index (χ0) is 27.0. The molecule has 3 rings (SSSR count). The predicted octanol–water partition coefficient (Wildman–Crippen LogP) is -6.06. The first kappa shape index (κ1) is 29.2. The van der Waals surface area contributed by atoms with Crippen molar-refractivity contribution in [3.8, 4) is 0 Å². The average Bonchev–Trinajstić information content (AvgIpc) is 3.06. The van der Waals surface area contributed by atoms with Crippen LogP contribution in [0, 0.1) is 0 Å². The molecule has 2 unspecified atom stereocenters. The second-order valence-electron chi connectivity index (χ2n) is 7.64. The normalized spacial score (nSPS) is 38.4. The van der Waals surface area contributed by atoms with Gasteiger partial charge in [0.1, 0.15) is 42.7 Å². The molecule has 2 saturated heterocycles. The van der Waals surface area contributed by atoms with Gasteiger partial charge >= 0.3 is 5.69 Å². The third kappa shape index (κ3) is 6.54. The van der Waals surface area contributed by atoms with Crippen molar-refractivity contribution in [3.63, 3.8) is 0 Å². The van der Waals surface area contributed by atoms with Crippen LogP contribution >= 0.6 is 15.6 Å². The summed E-state index contributed by atoms with van der Waals surface area (Å²) in [5.74, 6) is 0. The number of ether oxygens (including phenoxy) is 2. The van der Waals surface area contributed by atoms with E-state index in [0.717, 1.165) is 12.3 Å². The van der Waals surface area contributed by atoms with Gasteiger partial charge in [-0.2, -0.15) is 0 Å². The lowest BCUT2D eigenvalue weighted by molar-refractivity contribution is -0.305. The number of phosphoric ester groups is 2. The van der Waals surface area contributed by atoms with E-state index in [1.165, 1.54) is 0 Å². The number of aromatic amines is 1. The highest BCUT2D eigenvalue weighted by molar-refractivity contribution is 7.59. The molecule has 36 heavy (non-hydrogen) atoms. The molecule has 19 nitrogen and oxygen atoms in total. The van der Waals surface area contributed by atoms with Gasteiger partial charge in [-0.05, 0) is 0 Å². The van der Waals surface area contributed by atoms with Crippen molar-refractivity contribution in [3.05, 3.63) is 33.1 Å². The Morgan fingerprint density at radius 2 is 1.58 bits per heavy atom. The molecule has 2 fully saturated rings. The fourth-order valence-corrected chi connectivity index (χ4v) is 5.42. The van der Waals surface area contributed by atoms with Crippen LogP contribution in [0.15, 0.2) is 21.9 Å². The summed E-state index contributed by atoms with van der Waals surface area (Å²) >= 11 is 0. The number of aliphatic hydroxyl groups is 6. The van der Waals surface area contributed by atoms with Gasteiger partial charge in [-0.3, -0.25) is 28.0 Å². The van der Waals surface area contributed by atoms with E-state index in [1.807, 2.05) is 4.98 Å². The summed E-state index contributed by atoms with van der Waals surface area (Å²) in [6, 6.07) is 0.911. The second-order valence-corrected chi connectivity index (χ2v) is 10.5. The first-order valence-corrected chi connectivity index (χ1v) is 12.9. The van der Waals surface area contributed by atoms with E-state index >= 15 is 0 Å². The molecule has 0 bridgehead atoms. The molecule has 2 aliphatic rings. The summed E-state index contributed by atoms with van der Waals surface area (Å²) in [7, 11) is -11.7. The molecule has 7 N–H and O–H groups in total. The number of aliphatic hydroxyl groups excluding tert-OH is 6. The van der Waals surface area contributed by atoms with E-state index < -0.39 is 95.4 Å². The molecule has 2 aliphatic heterocycles. The molecule has 1 aromatic rings. The standard InChI is InChI=1S/C15H24N2O17P2/c18-3-5-8(20)10(22)12(24)14(32-5)33-36(28,29)34-35(26,27)30-4-6-9(21)11(23)13(31-6)17-2-1-7(19)16-15(17)25/h1-2,5-6,8-14,18,20-24H,3-4H2,(H,26,27)(H,28,29)(H,16,19,25)/p-2/t5-,6-,8-,9-,10+,11-,12-,13-,14-/m1/s1. The predicted molar refractivity (Wildman–Crippen MR) is 104 cm³/mol. The highest BCUT2D eigenvalue weighted by atomic mass is 31.3. The lowest BCUT2D eigenvalue weighted by atomic mass is 10.00. The number of phosphoric acid groups is 2. The number of hydrogen-bond acceptors (Lipinski definition) is 17. The minimum absolute atomic E-state index is 0.697. The first-order chi connectivity index (χ1) is 16.7. The van der Waals surface area contributed by atoms with Crippen molar-refractivity contribution in [1.29, 1.82) is 0 Å². The fourth-order valence-electron chi connectivity index (χ4n) is 3.34. The lowest BCUT2D eigenvalue weighted by Gasteiger charge is -2.41. The number of aromatic nitrogens is 2. The zero-order valence-electron chi connectivity index (χ0n) is 17.8. The molecule has 0 radical (unpaired) electrons. The summed E-state index contributed by atoms with van der Waals surface area (Å²) in [5, 5.41) is 58.4. The molecule has 0 aromatic carbocycles. The van der Waals surface area contributed by atoms with E-state index in [-0.39, 0.29) is 0 Å². The Hall–Kier alpha value is -1.38. The van der Waals surface area contributed by atoms with Crippen molar-refractivity contribution < 1.29 is 72.4 Å². The minimum atomic E-state index is -5.90. The maximum atomic E-state index is 12.0. The van der Waals surface area contributed by atoms with Gasteiger partial charge in [-0.15, -0.1) is 0 Å². The van der Waals surface area contributed by atoms with Crippen molar-refractivity contribution >= 4 is 15.6 Å².